The summed E-state index contributed by atoms with van der Waals surface area (Å²) in [5, 5.41) is 0.109. The first-order chi connectivity index (χ1) is 9.38. The van der Waals surface area contributed by atoms with Crippen molar-refractivity contribution in [2.24, 2.45) is 0 Å². The Morgan fingerprint density at radius 2 is 2.10 bits per heavy atom. The van der Waals surface area contributed by atoms with Crippen LogP contribution in [0, 0.1) is 0 Å². The minimum atomic E-state index is -3.64. The maximum Gasteiger partial charge on any atom is 0.242 e. The van der Waals surface area contributed by atoms with Gasteiger partial charge in [0.25, 0.3) is 0 Å². The van der Waals surface area contributed by atoms with Gasteiger partial charge in [0, 0.05) is 17.6 Å². The number of sulfonamides is 1. The Balaban J connectivity index is 2.02. The Morgan fingerprint density at radius 3 is 2.70 bits per heavy atom. The quantitative estimate of drug-likeness (QED) is 0.866. The molecule has 0 aliphatic heterocycles. The first-order valence-corrected chi connectivity index (χ1v) is 8.59. The van der Waals surface area contributed by atoms with Crippen LogP contribution in [0.3, 0.4) is 0 Å². The number of hydrogen-bond acceptors (Lipinski definition) is 5. The van der Waals surface area contributed by atoms with E-state index >= 15 is 0 Å². The van der Waals surface area contributed by atoms with Crippen LogP contribution in [0.25, 0.3) is 0 Å². The van der Waals surface area contributed by atoms with Gasteiger partial charge in [0.05, 0.1) is 9.36 Å². The van der Waals surface area contributed by atoms with Gasteiger partial charge in [-0.2, -0.15) is 0 Å². The summed E-state index contributed by atoms with van der Waals surface area (Å²) in [7, 11) is -3.64. The standard InChI is InChI=1S/C11H11Cl2N3O2S2/c12-9-5-8(6-15-11(9)14)20(17,18)16-4-3-7-1-2-10(13)19-7/h1-2,5-6,16H,3-4H2,(H2,14,15). The molecule has 2 heterocycles. The highest BCUT2D eigenvalue weighted by atomic mass is 35.5. The smallest absolute Gasteiger partial charge is 0.242 e. The van der Waals surface area contributed by atoms with Gasteiger partial charge < -0.3 is 5.73 Å². The lowest BCUT2D eigenvalue weighted by Gasteiger charge is -2.06. The second kappa shape index (κ2) is 6.28. The van der Waals surface area contributed by atoms with Crippen LogP contribution in [-0.2, 0) is 16.4 Å². The number of thiophene rings is 1. The van der Waals surface area contributed by atoms with Gasteiger partial charge in [-0.15, -0.1) is 11.3 Å². The maximum atomic E-state index is 12.0. The van der Waals surface area contributed by atoms with Crippen LogP contribution in [0.5, 0.6) is 0 Å². The fourth-order valence-corrected chi connectivity index (χ4v) is 3.78. The molecule has 0 spiro atoms. The van der Waals surface area contributed by atoms with Gasteiger partial charge >= 0.3 is 0 Å². The zero-order valence-electron chi connectivity index (χ0n) is 10.1. The molecule has 108 valence electrons. The third-order valence-corrected chi connectivity index (χ3v) is 5.47. The third-order valence-electron chi connectivity index (χ3n) is 2.45. The fourth-order valence-electron chi connectivity index (χ4n) is 1.46. The molecular weight excluding hydrogens is 341 g/mol. The van der Waals surface area contributed by atoms with Gasteiger partial charge in [0.2, 0.25) is 10.0 Å². The fraction of sp³-hybridized carbons (Fsp3) is 0.182. The predicted octanol–water partition coefficient (Wildman–Crippen LogP) is 2.55. The van der Waals surface area contributed by atoms with E-state index in [4.69, 9.17) is 28.9 Å². The number of nitrogens with one attached hydrogen (secondary N) is 1. The van der Waals surface area contributed by atoms with Crippen molar-refractivity contribution >= 4 is 50.4 Å². The predicted molar refractivity (Wildman–Crippen MR) is 81.9 cm³/mol. The minimum Gasteiger partial charge on any atom is -0.382 e. The van der Waals surface area contributed by atoms with E-state index in [-0.39, 0.29) is 22.3 Å². The average Bonchev–Trinajstić information content (AvgIpc) is 2.78. The molecule has 0 fully saturated rings. The highest BCUT2D eigenvalue weighted by Gasteiger charge is 2.15. The number of nitrogens with zero attached hydrogens (tertiary/aromatic N) is 1. The van der Waals surface area contributed by atoms with E-state index in [2.05, 4.69) is 9.71 Å². The lowest BCUT2D eigenvalue weighted by atomic mass is 10.3. The normalized spacial score (nSPS) is 11.7. The summed E-state index contributed by atoms with van der Waals surface area (Å²) in [5.41, 5.74) is 5.44. The van der Waals surface area contributed by atoms with Crippen LogP contribution in [-0.4, -0.2) is 19.9 Å². The van der Waals surface area contributed by atoms with Gasteiger partial charge in [-0.25, -0.2) is 18.1 Å². The summed E-state index contributed by atoms with van der Waals surface area (Å²) in [4.78, 5) is 4.72. The third kappa shape index (κ3) is 3.83. The Bertz CT molecular complexity index is 716. The molecule has 0 saturated carbocycles. The van der Waals surface area contributed by atoms with Gasteiger partial charge in [-0.1, -0.05) is 23.2 Å². The summed E-state index contributed by atoms with van der Waals surface area (Å²) >= 11 is 13.0. The molecule has 20 heavy (non-hydrogen) atoms. The van der Waals surface area contributed by atoms with E-state index in [9.17, 15) is 8.42 Å². The number of nitrogens with two attached hydrogens (primary N) is 1. The second-order valence-electron chi connectivity index (χ2n) is 3.89. The molecule has 0 bridgehead atoms. The molecule has 5 nitrogen and oxygen atoms in total. The molecule has 0 aromatic carbocycles. The number of pyridine rings is 1. The van der Waals surface area contributed by atoms with E-state index in [1.807, 2.05) is 6.07 Å². The second-order valence-corrected chi connectivity index (χ2v) is 7.87. The molecular formula is C11H11Cl2N3O2S2. The number of nitrogen functional groups attached to an aromatic ring is 1. The molecule has 2 aromatic rings. The first kappa shape index (κ1) is 15.5. The lowest BCUT2D eigenvalue weighted by Crippen LogP contribution is -2.26. The van der Waals surface area contributed by atoms with Crippen LogP contribution in [0.2, 0.25) is 9.36 Å². The molecule has 0 radical (unpaired) electrons. The van der Waals surface area contributed by atoms with Crippen molar-refractivity contribution in [3.63, 3.8) is 0 Å². The number of hydrogen-bond donors (Lipinski definition) is 2. The molecule has 0 atom stereocenters. The van der Waals surface area contributed by atoms with Crippen molar-refractivity contribution < 1.29 is 8.42 Å². The van der Waals surface area contributed by atoms with Crippen LogP contribution in [0.1, 0.15) is 4.88 Å². The Kier molecular flexibility index (Phi) is 4.87. The van der Waals surface area contributed by atoms with Crippen molar-refractivity contribution in [1.82, 2.24) is 9.71 Å². The molecule has 0 aliphatic carbocycles. The van der Waals surface area contributed by atoms with Crippen LogP contribution >= 0.6 is 34.5 Å². The highest BCUT2D eigenvalue weighted by Crippen LogP contribution is 2.22. The number of rotatable bonds is 5. The molecule has 0 unspecified atom stereocenters. The molecule has 9 heteroatoms. The van der Waals surface area contributed by atoms with Gasteiger partial charge in [-0.05, 0) is 24.6 Å². The highest BCUT2D eigenvalue weighted by molar-refractivity contribution is 7.89. The van der Waals surface area contributed by atoms with E-state index in [1.54, 1.807) is 6.07 Å². The SMILES string of the molecule is Nc1ncc(S(=O)(=O)NCCc2ccc(Cl)s2)cc1Cl. The molecule has 3 N–H and O–H groups in total. The Morgan fingerprint density at radius 1 is 1.35 bits per heavy atom. The van der Waals surface area contributed by atoms with Crippen molar-refractivity contribution in [3.8, 4) is 0 Å². The van der Waals surface area contributed by atoms with Gasteiger partial charge in [-0.3, -0.25) is 0 Å². The van der Waals surface area contributed by atoms with Crippen molar-refractivity contribution in [2.45, 2.75) is 11.3 Å². The maximum absolute atomic E-state index is 12.0. The van der Waals surface area contributed by atoms with Crippen molar-refractivity contribution in [3.05, 3.63) is 38.6 Å². The van der Waals surface area contributed by atoms with E-state index < -0.39 is 10.0 Å². The Hall–Kier alpha value is -0.860. The molecule has 2 rings (SSSR count). The zero-order chi connectivity index (χ0) is 14.8. The van der Waals surface area contributed by atoms with Crippen LogP contribution in [0.15, 0.2) is 29.3 Å². The summed E-state index contributed by atoms with van der Waals surface area (Å²) in [6, 6.07) is 4.91. The van der Waals surface area contributed by atoms with Gasteiger partial charge in [0.1, 0.15) is 10.7 Å². The Labute approximate surface area is 130 Å². The van der Waals surface area contributed by atoms with E-state index in [0.717, 1.165) is 4.88 Å². The summed E-state index contributed by atoms with van der Waals surface area (Å²) in [6.45, 7) is 0.265. The number of anilines is 1. The van der Waals surface area contributed by atoms with Crippen LogP contribution < -0.4 is 10.5 Å². The lowest BCUT2D eigenvalue weighted by molar-refractivity contribution is 0.581. The summed E-state index contributed by atoms with van der Waals surface area (Å²) in [6.07, 6.45) is 1.73. The van der Waals surface area contributed by atoms with Crippen LogP contribution in [0.4, 0.5) is 5.82 Å². The summed E-state index contributed by atoms with van der Waals surface area (Å²) < 4.78 is 27.2. The zero-order valence-corrected chi connectivity index (χ0v) is 13.3. The molecule has 0 saturated heterocycles. The number of aromatic nitrogens is 1. The first-order valence-electron chi connectivity index (χ1n) is 5.53. The van der Waals surface area contributed by atoms with Gasteiger partial charge in [0.15, 0.2) is 0 Å². The number of halogens is 2. The van der Waals surface area contributed by atoms with Crippen molar-refractivity contribution in [2.75, 3.05) is 12.3 Å². The molecule has 0 aliphatic rings. The van der Waals surface area contributed by atoms with E-state index in [0.29, 0.717) is 10.8 Å². The molecule has 0 amide bonds. The van der Waals surface area contributed by atoms with Crippen molar-refractivity contribution in [1.29, 1.82) is 0 Å². The average molecular weight is 352 g/mol. The molecule has 2 aromatic heterocycles. The summed E-state index contributed by atoms with van der Waals surface area (Å²) in [5.74, 6) is 0.0962. The largest absolute Gasteiger partial charge is 0.382 e. The van der Waals surface area contributed by atoms with E-state index in [1.165, 1.54) is 23.6 Å². The minimum absolute atomic E-state index is 0.0130. The topological polar surface area (TPSA) is 85.1 Å². The monoisotopic (exact) mass is 351 g/mol.